The molecule has 174 valence electrons. The van der Waals surface area contributed by atoms with Gasteiger partial charge in [-0.2, -0.15) is 11.8 Å². The van der Waals surface area contributed by atoms with E-state index in [2.05, 4.69) is 10.3 Å². The Morgan fingerprint density at radius 2 is 1.85 bits per heavy atom. The van der Waals surface area contributed by atoms with Crippen molar-refractivity contribution in [3.8, 4) is 0 Å². The maximum Gasteiger partial charge on any atom is 0.252 e. The first-order valence-corrected chi connectivity index (χ1v) is 13.2. The molecule has 0 aliphatic heterocycles. The molecule has 0 aliphatic carbocycles. The number of hydrogen-bond donors (Lipinski definition) is 1. The molecule has 0 bridgehead atoms. The van der Waals surface area contributed by atoms with Crippen molar-refractivity contribution >= 4 is 39.1 Å². The van der Waals surface area contributed by atoms with E-state index in [1.807, 2.05) is 6.26 Å². The molecule has 33 heavy (non-hydrogen) atoms. The first-order valence-electron chi connectivity index (χ1n) is 9.91. The molecular formula is C23H21ClF2N2O3S2. The summed E-state index contributed by atoms with van der Waals surface area (Å²) in [5.41, 5.74) is -0.203. The summed E-state index contributed by atoms with van der Waals surface area (Å²) >= 11 is 7.54. The summed E-state index contributed by atoms with van der Waals surface area (Å²) in [6.07, 6.45) is 4.00. The van der Waals surface area contributed by atoms with Crippen LogP contribution in [-0.2, 0) is 9.84 Å². The minimum Gasteiger partial charge on any atom is -0.352 e. The average Bonchev–Trinajstić information content (AvgIpc) is 2.79. The van der Waals surface area contributed by atoms with E-state index in [9.17, 15) is 22.0 Å². The molecule has 2 aromatic carbocycles. The highest BCUT2D eigenvalue weighted by molar-refractivity contribution is 7.98. The van der Waals surface area contributed by atoms with E-state index in [1.54, 1.807) is 11.8 Å². The number of hydrogen-bond acceptors (Lipinski definition) is 5. The van der Waals surface area contributed by atoms with Crippen LogP contribution < -0.4 is 5.32 Å². The Bertz CT molecular complexity index is 1220. The smallest absolute Gasteiger partial charge is 0.252 e. The van der Waals surface area contributed by atoms with E-state index in [-0.39, 0.29) is 27.6 Å². The first kappa shape index (κ1) is 25.1. The number of nitrogens with one attached hydrogen (secondary N) is 1. The molecule has 0 saturated heterocycles. The van der Waals surface area contributed by atoms with Crippen LogP contribution in [0.15, 0.2) is 65.7 Å². The summed E-state index contributed by atoms with van der Waals surface area (Å²) in [6.45, 7) is 0.490. The number of benzene rings is 2. The number of rotatable bonds is 9. The molecule has 0 spiro atoms. The molecule has 1 amide bonds. The van der Waals surface area contributed by atoms with Gasteiger partial charge in [0.15, 0.2) is 9.84 Å². The fourth-order valence-electron chi connectivity index (χ4n) is 3.18. The van der Waals surface area contributed by atoms with Gasteiger partial charge in [-0.15, -0.1) is 0 Å². The lowest BCUT2D eigenvalue weighted by molar-refractivity contribution is 0.0953. The second kappa shape index (κ2) is 11.1. The molecule has 3 aromatic rings. The van der Waals surface area contributed by atoms with Crippen molar-refractivity contribution in [2.24, 2.45) is 0 Å². The molecule has 1 aromatic heterocycles. The van der Waals surface area contributed by atoms with Gasteiger partial charge in [-0.3, -0.25) is 9.78 Å². The van der Waals surface area contributed by atoms with Gasteiger partial charge in [-0.25, -0.2) is 17.2 Å². The highest BCUT2D eigenvalue weighted by Gasteiger charge is 2.34. The lowest BCUT2D eigenvalue weighted by atomic mass is 10.1. The third kappa shape index (κ3) is 6.10. The maximum atomic E-state index is 14.7. The summed E-state index contributed by atoms with van der Waals surface area (Å²) in [7, 11) is -4.25. The zero-order chi connectivity index (χ0) is 24.0. The van der Waals surface area contributed by atoms with Gasteiger partial charge in [-0.1, -0.05) is 11.6 Å². The van der Waals surface area contributed by atoms with Gasteiger partial charge < -0.3 is 5.32 Å². The summed E-state index contributed by atoms with van der Waals surface area (Å²) < 4.78 is 55.6. The van der Waals surface area contributed by atoms with Crippen LogP contribution in [0.4, 0.5) is 8.78 Å². The quantitative estimate of drug-likeness (QED) is 0.407. The second-order valence-electron chi connectivity index (χ2n) is 7.12. The van der Waals surface area contributed by atoms with Crippen LogP contribution in [0.5, 0.6) is 0 Å². The highest BCUT2D eigenvalue weighted by atomic mass is 35.5. The number of nitrogens with zero attached hydrogens (tertiary/aromatic N) is 1. The van der Waals surface area contributed by atoms with Crippen LogP contribution in [0.25, 0.3) is 0 Å². The molecule has 0 radical (unpaired) electrons. The Morgan fingerprint density at radius 1 is 1.12 bits per heavy atom. The van der Waals surface area contributed by atoms with Gasteiger partial charge in [0.2, 0.25) is 0 Å². The molecule has 1 unspecified atom stereocenters. The molecule has 5 nitrogen and oxygen atoms in total. The number of pyridine rings is 1. The molecule has 1 N–H and O–H groups in total. The molecule has 0 aliphatic rings. The van der Waals surface area contributed by atoms with Crippen molar-refractivity contribution in [1.29, 1.82) is 0 Å². The van der Waals surface area contributed by atoms with Crippen LogP contribution in [0, 0.1) is 11.6 Å². The van der Waals surface area contributed by atoms with Gasteiger partial charge in [0, 0.05) is 23.3 Å². The van der Waals surface area contributed by atoms with E-state index >= 15 is 0 Å². The summed E-state index contributed by atoms with van der Waals surface area (Å²) in [4.78, 5) is 16.3. The standard InChI is InChI=1S/C23H21ClF2N2O3S2/c1-32-12-2-11-27-23(29)15-3-10-21(28-14-15)22(19-13-17(25)6-9-20(19)26)33(30,31)18-7-4-16(24)5-8-18/h3-10,13-14,22H,2,11-12H2,1H3,(H,27,29). The van der Waals surface area contributed by atoms with E-state index in [1.165, 1.54) is 42.6 Å². The zero-order valence-electron chi connectivity index (χ0n) is 17.6. The Balaban J connectivity index is 2.01. The van der Waals surface area contributed by atoms with Crippen LogP contribution in [0.1, 0.15) is 33.3 Å². The Morgan fingerprint density at radius 3 is 2.48 bits per heavy atom. The predicted octanol–water partition coefficient (Wildman–Crippen LogP) is 5.06. The van der Waals surface area contributed by atoms with Gasteiger partial charge >= 0.3 is 0 Å². The summed E-state index contributed by atoms with van der Waals surface area (Å²) in [6, 6.07) is 10.7. The van der Waals surface area contributed by atoms with Gasteiger partial charge in [0.1, 0.15) is 16.9 Å². The number of thioether (sulfide) groups is 1. The molecule has 0 saturated carbocycles. The first-order chi connectivity index (χ1) is 15.7. The molecule has 0 fully saturated rings. The van der Waals surface area contributed by atoms with E-state index in [4.69, 9.17) is 11.6 Å². The van der Waals surface area contributed by atoms with Crippen LogP contribution >= 0.6 is 23.4 Å². The summed E-state index contributed by atoms with van der Waals surface area (Å²) in [5, 5.41) is 1.46. The van der Waals surface area contributed by atoms with Crippen LogP contribution in [0.2, 0.25) is 5.02 Å². The van der Waals surface area contributed by atoms with Crippen LogP contribution in [0.3, 0.4) is 0 Å². The largest absolute Gasteiger partial charge is 0.352 e. The summed E-state index contributed by atoms with van der Waals surface area (Å²) in [5.74, 6) is -1.13. The van der Waals surface area contributed by atoms with Crippen molar-refractivity contribution in [2.45, 2.75) is 16.6 Å². The Kier molecular flexibility index (Phi) is 8.45. The number of halogens is 3. The number of carbonyl (C=O) groups is 1. The molecule has 1 atom stereocenters. The minimum absolute atomic E-state index is 0.0478. The SMILES string of the molecule is CSCCCNC(=O)c1ccc(C(c2cc(F)ccc2F)S(=O)(=O)c2ccc(Cl)cc2)nc1. The predicted molar refractivity (Wildman–Crippen MR) is 126 cm³/mol. The van der Waals surface area contributed by atoms with Crippen molar-refractivity contribution in [3.63, 3.8) is 0 Å². The number of aromatic nitrogens is 1. The second-order valence-corrected chi connectivity index (χ2v) is 10.6. The fourth-order valence-corrected chi connectivity index (χ4v) is 5.50. The number of amides is 1. The van der Waals surface area contributed by atoms with Crippen molar-refractivity contribution in [1.82, 2.24) is 10.3 Å². The topological polar surface area (TPSA) is 76.1 Å². The highest BCUT2D eigenvalue weighted by Crippen LogP contribution is 2.36. The minimum atomic E-state index is -4.25. The third-order valence-corrected chi connectivity index (χ3v) is 7.82. The molecular weight excluding hydrogens is 490 g/mol. The lowest BCUT2D eigenvalue weighted by Gasteiger charge is -2.19. The number of carbonyl (C=O) groups excluding carboxylic acids is 1. The van der Waals surface area contributed by atoms with E-state index in [0.29, 0.717) is 11.6 Å². The zero-order valence-corrected chi connectivity index (χ0v) is 20.0. The monoisotopic (exact) mass is 510 g/mol. The Hall–Kier alpha value is -2.49. The average molecular weight is 511 g/mol. The van der Waals surface area contributed by atoms with Gasteiger partial charge in [0.05, 0.1) is 16.2 Å². The fraction of sp³-hybridized carbons (Fsp3) is 0.217. The van der Waals surface area contributed by atoms with Crippen molar-refractivity contribution in [2.75, 3.05) is 18.6 Å². The molecule has 10 heteroatoms. The lowest BCUT2D eigenvalue weighted by Crippen LogP contribution is -2.25. The van der Waals surface area contributed by atoms with E-state index in [0.717, 1.165) is 30.4 Å². The molecule has 1 heterocycles. The normalized spacial score (nSPS) is 12.4. The Labute approximate surface area is 200 Å². The van der Waals surface area contributed by atoms with Gasteiger partial charge in [-0.05, 0) is 73.0 Å². The maximum absolute atomic E-state index is 14.7. The van der Waals surface area contributed by atoms with Gasteiger partial charge in [0.25, 0.3) is 5.91 Å². The van der Waals surface area contributed by atoms with Crippen molar-refractivity contribution in [3.05, 3.63) is 94.3 Å². The van der Waals surface area contributed by atoms with Crippen molar-refractivity contribution < 1.29 is 22.0 Å². The molecule has 3 rings (SSSR count). The van der Waals surface area contributed by atoms with Crippen LogP contribution in [-0.4, -0.2) is 37.9 Å². The number of sulfone groups is 1. The third-order valence-electron chi connectivity index (χ3n) is 4.82. The van der Waals surface area contributed by atoms with E-state index < -0.39 is 26.7 Å².